The lowest BCUT2D eigenvalue weighted by atomic mass is 9.94. The molecule has 1 aliphatic rings. The highest BCUT2D eigenvalue weighted by Gasteiger charge is 2.24. The molecule has 20 heavy (non-hydrogen) atoms. The average Bonchev–Trinajstić information content (AvgIpc) is 2.61. The minimum Gasteiger partial charge on any atom is -0.377 e. The molecular formula is C17H36N2O. The van der Waals surface area contributed by atoms with Crippen molar-refractivity contribution in [3.8, 4) is 0 Å². The second kappa shape index (κ2) is 10.6. The Hall–Kier alpha value is -0.120. The Labute approximate surface area is 126 Å². The van der Waals surface area contributed by atoms with Crippen molar-refractivity contribution in [1.82, 2.24) is 10.2 Å². The summed E-state index contributed by atoms with van der Waals surface area (Å²) in [6.45, 7) is 10.8. The van der Waals surface area contributed by atoms with Gasteiger partial charge in [0.25, 0.3) is 0 Å². The van der Waals surface area contributed by atoms with E-state index >= 15 is 0 Å². The van der Waals surface area contributed by atoms with Gasteiger partial charge in [-0.3, -0.25) is 0 Å². The second-order valence-corrected chi connectivity index (χ2v) is 6.64. The van der Waals surface area contributed by atoms with E-state index in [2.05, 4.69) is 38.0 Å². The van der Waals surface area contributed by atoms with Crippen LogP contribution in [0.15, 0.2) is 0 Å². The lowest BCUT2D eigenvalue weighted by molar-refractivity contribution is 0.0595. The Kier molecular flexibility index (Phi) is 9.49. The van der Waals surface area contributed by atoms with Crippen molar-refractivity contribution in [2.45, 2.75) is 71.4 Å². The quantitative estimate of drug-likeness (QED) is 0.658. The first kappa shape index (κ1) is 17.9. The highest BCUT2D eigenvalue weighted by Crippen LogP contribution is 2.24. The maximum Gasteiger partial charge on any atom is 0.0596 e. The maximum absolute atomic E-state index is 5.66. The van der Waals surface area contributed by atoms with E-state index in [1.807, 2.05) is 0 Å². The smallest absolute Gasteiger partial charge is 0.0596 e. The Morgan fingerprint density at radius 2 is 1.95 bits per heavy atom. The summed E-state index contributed by atoms with van der Waals surface area (Å²) in [7, 11) is 2.24. The first-order valence-electron chi connectivity index (χ1n) is 8.67. The molecule has 1 N–H and O–H groups in total. The molecule has 0 heterocycles. The van der Waals surface area contributed by atoms with Crippen LogP contribution in [0.2, 0.25) is 0 Å². The number of rotatable bonds is 9. The zero-order valence-corrected chi connectivity index (χ0v) is 14.2. The zero-order chi connectivity index (χ0) is 14.8. The fourth-order valence-electron chi connectivity index (χ4n) is 3.14. The van der Waals surface area contributed by atoms with Crippen LogP contribution in [0.5, 0.6) is 0 Å². The van der Waals surface area contributed by atoms with Gasteiger partial charge < -0.3 is 15.0 Å². The van der Waals surface area contributed by atoms with E-state index in [-0.39, 0.29) is 0 Å². The van der Waals surface area contributed by atoms with Gasteiger partial charge in [-0.05, 0) is 52.6 Å². The van der Waals surface area contributed by atoms with Crippen LogP contribution in [-0.2, 0) is 4.74 Å². The van der Waals surface area contributed by atoms with Gasteiger partial charge >= 0.3 is 0 Å². The van der Waals surface area contributed by atoms with E-state index in [0.717, 1.165) is 25.1 Å². The molecule has 0 amide bonds. The molecule has 0 bridgehead atoms. The molecule has 2 atom stereocenters. The van der Waals surface area contributed by atoms with Gasteiger partial charge in [0.05, 0.1) is 12.7 Å². The van der Waals surface area contributed by atoms with Gasteiger partial charge in [-0.1, -0.05) is 26.2 Å². The van der Waals surface area contributed by atoms with Crippen LogP contribution in [0, 0.1) is 5.92 Å². The summed E-state index contributed by atoms with van der Waals surface area (Å²) in [4.78, 5) is 2.46. The van der Waals surface area contributed by atoms with Crippen molar-refractivity contribution in [1.29, 1.82) is 0 Å². The summed E-state index contributed by atoms with van der Waals surface area (Å²) in [6, 6.07) is 0.728. The Morgan fingerprint density at radius 1 is 1.20 bits per heavy atom. The van der Waals surface area contributed by atoms with Crippen molar-refractivity contribution in [2.75, 3.05) is 33.3 Å². The fraction of sp³-hybridized carbons (Fsp3) is 1.00. The van der Waals surface area contributed by atoms with Crippen LogP contribution >= 0.6 is 0 Å². The summed E-state index contributed by atoms with van der Waals surface area (Å²) in [6.07, 6.45) is 8.56. The molecule has 1 fully saturated rings. The van der Waals surface area contributed by atoms with Gasteiger partial charge in [0.1, 0.15) is 0 Å². The summed E-state index contributed by atoms with van der Waals surface area (Å²) in [5.74, 6) is 0.813. The third kappa shape index (κ3) is 7.61. The van der Waals surface area contributed by atoms with Gasteiger partial charge in [-0.2, -0.15) is 0 Å². The third-order valence-electron chi connectivity index (χ3n) is 4.29. The third-order valence-corrected chi connectivity index (χ3v) is 4.29. The number of nitrogens with zero attached hydrogens (tertiary/aromatic N) is 1. The van der Waals surface area contributed by atoms with Gasteiger partial charge in [0, 0.05) is 19.1 Å². The van der Waals surface area contributed by atoms with Gasteiger partial charge in [0.15, 0.2) is 0 Å². The number of ether oxygens (including phenoxy) is 1. The Morgan fingerprint density at radius 3 is 2.65 bits per heavy atom. The summed E-state index contributed by atoms with van der Waals surface area (Å²) >= 11 is 0. The monoisotopic (exact) mass is 284 g/mol. The molecule has 1 rings (SSSR count). The summed E-state index contributed by atoms with van der Waals surface area (Å²) in [5, 5.41) is 3.78. The zero-order valence-electron chi connectivity index (χ0n) is 14.2. The van der Waals surface area contributed by atoms with E-state index < -0.39 is 0 Å². The van der Waals surface area contributed by atoms with E-state index in [1.165, 1.54) is 51.6 Å². The number of hydrogen-bond donors (Lipinski definition) is 1. The van der Waals surface area contributed by atoms with Crippen LogP contribution in [0.25, 0.3) is 0 Å². The SMILES string of the molecule is CCCNC1CCCCCC1CN(C)CCOC(C)C. The van der Waals surface area contributed by atoms with Crippen molar-refractivity contribution < 1.29 is 4.74 Å². The molecule has 3 heteroatoms. The number of hydrogen-bond acceptors (Lipinski definition) is 3. The van der Waals surface area contributed by atoms with Crippen LogP contribution in [-0.4, -0.2) is 50.3 Å². The van der Waals surface area contributed by atoms with Gasteiger partial charge in [-0.25, -0.2) is 0 Å². The van der Waals surface area contributed by atoms with Crippen LogP contribution in [0.1, 0.15) is 59.3 Å². The predicted molar refractivity (Wildman–Crippen MR) is 87.2 cm³/mol. The second-order valence-electron chi connectivity index (χ2n) is 6.64. The molecule has 120 valence electrons. The van der Waals surface area contributed by atoms with Gasteiger partial charge in [-0.15, -0.1) is 0 Å². The molecule has 1 saturated carbocycles. The lowest BCUT2D eigenvalue weighted by Crippen LogP contribution is -2.42. The van der Waals surface area contributed by atoms with E-state index in [4.69, 9.17) is 4.74 Å². The van der Waals surface area contributed by atoms with E-state index in [0.29, 0.717) is 6.10 Å². The Bertz CT molecular complexity index is 233. The van der Waals surface area contributed by atoms with Crippen molar-refractivity contribution in [2.24, 2.45) is 5.92 Å². The van der Waals surface area contributed by atoms with E-state index in [1.54, 1.807) is 0 Å². The molecule has 0 aliphatic heterocycles. The van der Waals surface area contributed by atoms with Gasteiger partial charge in [0.2, 0.25) is 0 Å². The molecule has 0 aromatic rings. The minimum atomic E-state index is 0.347. The topological polar surface area (TPSA) is 24.5 Å². The molecule has 0 saturated heterocycles. The number of likely N-dealkylation sites (N-methyl/N-ethyl adjacent to an activating group) is 1. The summed E-state index contributed by atoms with van der Waals surface area (Å²) in [5.41, 5.74) is 0. The average molecular weight is 284 g/mol. The molecular weight excluding hydrogens is 248 g/mol. The van der Waals surface area contributed by atoms with Crippen LogP contribution in [0.4, 0.5) is 0 Å². The first-order valence-corrected chi connectivity index (χ1v) is 8.67. The van der Waals surface area contributed by atoms with E-state index in [9.17, 15) is 0 Å². The normalized spacial score (nSPS) is 24.3. The summed E-state index contributed by atoms with van der Waals surface area (Å²) < 4.78 is 5.66. The molecule has 0 spiro atoms. The molecule has 0 aromatic heterocycles. The van der Waals surface area contributed by atoms with Crippen molar-refractivity contribution in [3.05, 3.63) is 0 Å². The molecule has 1 aliphatic carbocycles. The lowest BCUT2D eigenvalue weighted by Gasteiger charge is -2.30. The van der Waals surface area contributed by atoms with Crippen molar-refractivity contribution >= 4 is 0 Å². The standard InChI is InChI=1S/C17H36N2O/c1-5-11-18-17-10-8-6-7-9-16(17)14-19(4)12-13-20-15(2)3/h15-18H,5-14H2,1-4H3. The number of nitrogens with one attached hydrogen (secondary N) is 1. The fourth-order valence-corrected chi connectivity index (χ4v) is 3.14. The van der Waals surface area contributed by atoms with Crippen molar-refractivity contribution in [3.63, 3.8) is 0 Å². The van der Waals surface area contributed by atoms with Crippen LogP contribution in [0.3, 0.4) is 0 Å². The molecule has 2 unspecified atom stereocenters. The predicted octanol–water partition coefficient (Wildman–Crippen LogP) is 3.29. The van der Waals surface area contributed by atoms with Crippen LogP contribution < -0.4 is 5.32 Å². The molecule has 0 aromatic carbocycles. The minimum absolute atomic E-state index is 0.347. The first-order chi connectivity index (χ1) is 9.63. The Balaban J connectivity index is 2.34. The molecule has 0 radical (unpaired) electrons. The highest BCUT2D eigenvalue weighted by atomic mass is 16.5. The highest BCUT2D eigenvalue weighted by molar-refractivity contribution is 4.81. The largest absolute Gasteiger partial charge is 0.377 e. The molecule has 3 nitrogen and oxygen atoms in total. The maximum atomic E-state index is 5.66.